The van der Waals surface area contributed by atoms with E-state index >= 15 is 0 Å². The highest BCUT2D eigenvalue weighted by Crippen LogP contribution is 2.38. The molecule has 0 aliphatic rings. The molecule has 0 radical (unpaired) electrons. The molecule has 3 nitrogen and oxygen atoms in total. The van der Waals surface area contributed by atoms with Gasteiger partial charge in [0.05, 0.1) is 16.1 Å². The van der Waals surface area contributed by atoms with Crippen molar-refractivity contribution in [3.8, 4) is 11.5 Å². The highest BCUT2D eigenvalue weighted by molar-refractivity contribution is 9.10. The minimum Gasteiger partial charge on any atom is -0.490 e. The number of hydrogen-bond donors (Lipinski definition) is 1. The zero-order valence-corrected chi connectivity index (χ0v) is 18.7. The van der Waals surface area contributed by atoms with Crippen molar-refractivity contribution in [2.24, 2.45) is 0 Å². The van der Waals surface area contributed by atoms with Crippen molar-refractivity contribution in [1.82, 2.24) is 5.32 Å². The quantitative estimate of drug-likeness (QED) is 0.360. The fraction of sp³-hybridized carbons (Fsp3) is 0.217. The van der Waals surface area contributed by atoms with Gasteiger partial charge in [-0.2, -0.15) is 0 Å². The second-order valence-electron chi connectivity index (χ2n) is 6.59. The van der Waals surface area contributed by atoms with Crippen LogP contribution in [-0.2, 0) is 19.7 Å². The third-order valence-corrected chi connectivity index (χ3v) is 5.27. The first-order chi connectivity index (χ1) is 14.5. The van der Waals surface area contributed by atoms with Crippen molar-refractivity contribution in [3.63, 3.8) is 0 Å². The van der Waals surface area contributed by atoms with Crippen LogP contribution in [0, 0.1) is 11.6 Å². The Hall–Kier alpha value is -2.15. The van der Waals surface area contributed by atoms with Gasteiger partial charge in [-0.1, -0.05) is 29.8 Å². The second kappa shape index (κ2) is 10.8. The van der Waals surface area contributed by atoms with Crippen molar-refractivity contribution < 1.29 is 18.3 Å². The highest BCUT2D eigenvalue weighted by Gasteiger charge is 2.14. The van der Waals surface area contributed by atoms with E-state index in [0.717, 1.165) is 15.6 Å². The predicted octanol–water partition coefficient (Wildman–Crippen LogP) is 6.65. The largest absolute Gasteiger partial charge is 0.490 e. The molecule has 30 heavy (non-hydrogen) atoms. The van der Waals surface area contributed by atoms with Crippen LogP contribution in [0.4, 0.5) is 8.78 Å². The van der Waals surface area contributed by atoms with E-state index in [4.69, 9.17) is 21.1 Å². The normalized spacial score (nSPS) is 10.8. The summed E-state index contributed by atoms with van der Waals surface area (Å²) in [4.78, 5) is 0. The molecule has 0 fully saturated rings. The molecule has 0 heterocycles. The Morgan fingerprint density at radius 1 is 0.900 bits per heavy atom. The van der Waals surface area contributed by atoms with Crippen molar-refractivity contribution in [2.75, 3.05) is 6.61 Å². The summed E-state index contributed by atoms with van der Waals surface area (Å²) in [6.45, 7) is 3.77. The number of benzene rings is 3. The first kappa shape index (κ1) is 22.5. The standard InChI is InChI=1S/C23H21BrClF2NO2/c1-2-29-22-10-16(13-28-12-15-3-6-18(26)7-4-15)9-20(24)23(22)30-14-17-5-8-19(27)11-21(17)25/h3-11,28H,2,12-14H2,1H3. The Morgan fingerprint density at radius 3 is 2.30 bits per heavy atom. The molecule has 0 saturated carbocycles. The van der Waals surface area contributed by atoms with Gasteiger partial charge in [-0.25, -0.2) is 8.78 Å². The molecule has 0 spiro atoms. The molecular weight excluding hydrogens is 476 g/mol. The Kier molecular flexibility index (Phi) is 8.08. The number of ether oxygens (including phenoxy) is 2. The zero-order chi connectivity index (χ0) is 21.5. The summed E-state index contributed by atoms with van der Waals surface area (Å²) >= 11 is 9.64. The summed E-state index contributed by atoms with van der Waals surface area (Å²) in [7, 11) is 0. The molecule has 7 heteroatoms. The Labute approximate surface area is 188 Å². The molecule has 0 aliphatic carbocycles. The van der Waals surface area contributed by atoms with Gasteiger partial charge in [0, 0.05) is 18.7 Å². The van der Waals surface area contributed by atoms with E-state index in [1.54, 1.807) is 18.2 Å². The van der Waals surface area contributed by atoms with Crippen LogP contribution >= 0.6 is 27.5 Å². The summed E-state index contributed by atoms with van der Waals surface area (Å²) in [5.74, 6) is 0.516. The van der Waals surface area contributed by atoms with Crippen LogP contribution in [0.1, 0.15) is 23.6 Å². The lowest BCUT2D eigenvalue weighted by molar-refractivity contribution is 0.267. The van der Waals surface area contributed by atoms with Crippen LogP contribution in [0.3, 0.4) is 0 Å². The fourth-order valence-corrected chi connectivity index (χ4v) is 3.69. The maximum atomic E-state index is 13.2. The molecule has 0 aromatic heterocycles. The van der Waals surface area contributed by atoms with Crippen molar-refractivity contribution >= 4 is 27.5 Å². The average Bonchev–Trinajstić information content (AvgIpc) is 2.70. The minimum atomic E-state index is -0.391. The molecule has 0 bridgehead atoms. The molecule has 0 atom stereocenters. The van der Waals surface area contributed by atoms with Crippen LogP contribution in [0.2, 0.25) is 5.02 Å². The molecule has 0 unspecified atom stereocenters. The van der Waals surface area contributed by atoms with Crippen LogP contribution in [-0.4, -0.2) is 6.61 Å². The molecule has 0 aliphatic heterocycles. The average molecular weight is 497 g/mol. The van der Waals surface area contributed by atoms with E-state index in [0.29, 0.717) is 41.8 Å². The SMILES string of the molecule is CCOc1cc(CNCc2ccc(F)cc2)cc(Br)c1OCc1ccc(F)cc1Cl. The molecule has 3 aromatic carbocycles. The van der Waals surface area contributed by atoms with E-state index in [9.17, 15) is 8.78 Å². The molecule has 158 valence electrons. The van der Waals surface area contributed by atoms with E-state index in [-0.39, 0.29) is 12.4 Å². The van der Waals surface area contributed by atoms with Crippen LogP contribution in [0.15, 0.2) is 59.1 Å². The maximum Gasteiger partial charge on any atom is 0.175 e. The minimum absolute atomic E-state index is 0.181. The van der Waals surface area contributed by atoms with E-state index in [1.165, 1.54) is 24.3 Å². The third-order valence-electron chi connectivity index (χ3n) is 4.33. The van der Waals surface area contributed by atoms with Gasteiger partial charge in [-0.3, -0.25) is 0 Å². The smallest absolute Gasteiger partial charge is 0.175 e. The predicted molar refractivity (Wildman–Crippen MR) is 118 cm³/mol. The Bertz CT molecular complexity index is 999. The van der Waals surface area contributed by atoms with Gasteiger partial charge >= 0.3 is 0 Å². The molecule has 3 rings (SSSR count). The van der Waals surface area contributed by atoms with Gasteiger partial charge in [-0.05, 0) is 70.4 Å². The number of nitrogens with one attached hydrogen (secondary N) is 1. The molecular formula is C23H21BrClF2NO2. The van der Waals surface area contributed by atoms with Gasteiger partial charge in [0.1, 0.15) is 18.2 Å². The summed E-state index contributed by atoms with van der Waals surface area (Å²) < 4.78 is 38.7. The Morgan fingerprint density at radius 2 is 1.60 bits per heavy atom. The van der Waals surface area contributed by atoms with Crippen molar-refractivity contribution in [3.05, 3.63) is 92.4 Å². The highest BCUT2D eigenvalue weighted by atomic mass is 79.9. The number of halogens is 4. The lowest BCUT2D eigenvalue weighted by atomic mass is 10.1. The number of rotatable bonds is 9. The van der Waals surface area contributed by atoms with Gasteiger partial charge in [0.2, 0.25) is 0 Å². The lowest BCUT2D eigenvalue weighted by Gasteiger charge is -2.16. The van der Waals surface area contributed by atoms with Crippen molar-refractivity contribution in [2.45, 2.75) is 26.6 Å². The van der Waals surface area contributed by atoms with Gasteiger partial charge in [0.25, 0.3) is 0 Å². The first-order valence-electron chi connectivity index (χ1n) is 9.43. The van der Waals surface area contributed by atoms with Crippen molar-refractivity contribution in [1.29, 1.82) is 0 Å². The number of hydrogen-bond acceptors (Lipinski definition) is 3. The second-order valence-corrected chi connectivity index (χ2v) is 7.85. The third kappa shape index (κ3) is 6.17. The van der Waals surface area contributed by atoms with Crippen LogP contribution in [0.25, 0.3) is 0 Å². The van der Waals surface area contributed by atoms with Crippen LogP contribution < -0.4 is 14.8 Å². The maximum absolute atomic E-state index is 13.2. The summed E-state index contributed by atoms with van der Waals surface area (Å²) in [6.07, 6.45) is 0. The monoisotopic (exact) mass is 495 g/mol. The summed E-state index contributed by atoms with van der Waals surface area (Å²) in [5, 5.41) is 3.64. The van der Waals surface area contributed by atoms with Gasteiger partial charge in [-0.15, -0.1) is 0 Å². The van der Waals surface area contributed by atoms with Gasteiger partial charge < -0.3 is 14.8 Å². The van der Waals surface area contributed by atoms with Crippen LogP contribution in [0.5, 0.6) is 11.5 Å². The lowest BCUT2D eigenvalue weighted by Crippen LogP contribution is -2.13. The van der Waals surface area contributed by atoms with E-state index in [2.05, 4.69) is 21.2 Å². The molecule has 1 N–H and O–H groups in total. The molecule has 0 amide bonds. The molecule has 0 saturated heterocycles. The fourth-order valence-electron chi connectivity index (χ4n) is 2.87. The summed E-state index contributed by atoms with van der Waals surface area (Å²) in [5.41, 5.74) is 2.67. The summed E-state index contributed by atoms with van der Waals surface area (Å²) in [6, 6.07) is 14.5. The zero-order valence-electron chi connectivity index (χ0n) is 16.4. The Balaban J connectivity index is 1.68. The van der Waals surface area contributed by atoms with E-state index < -0.39 is 5.82 Å². The topological polar surface area (TPSA) is 30.5 Å². The molecule has 3 aromatic rings. The van der Waals surface area contributed by atoms with Gasteiger partial charge in [0.15, 0.2) is 11.5 Å². The first-order valence-corrected chi connectivity index (χ1v) is 10.6. The van der Waals surface area contributed by atoms with E-state index in [1.807, 2.05) is 19.1 Å².